The summed E-state index contributed by atoms with van der Waals surface area (Å²) in [7, 11) is 1.46. The lowest BCUT2D eigenvalue weighted by molar-refractivity contribution is -0.132. The molecule has 1 N–H and O–H groups in total. The molecule has 0 bridgehead atoms. The fourth-order valence-corrected chi connectivity index (χ4v) is 4.50. The number of anilines is 1. The van der Waals surface area contributed by atoms with Crippen LogP contribution in [0.25, 0.3) is 11.4 Å². The number of likely N-dealkylation sites (N-methyl/N-ethyl adjacent to an activating group) is 1. The van der Waals surface area contributed by atoms with Crippen LogP contribution in [0, 0.1) is 12.7 Å². The number of amides is 1. The van der Waals surface area contributed by atoms with Crippen LogP contribution in [0.2, 0.25) is 0 Å². The van der Waals surface area contributed by atoms with Crippen molar-refractivity contribution in [3.63, 3.8) is 0 Å². The molecule has 0 saturated carbocycles. The van der Waals surface area contributed by atoms with E-state index in [9.17, 15) is 9.18 Å². The molecule has 10 heteroatoms. The summed E-state index contributed by atoms with van der Waals surface area (Å²) in [4.78, 5) is 32.5. The highest BCUT2D eigenvalue weighted by Gasteiger charge is 2.28. The van der Waals surface area contributed by atoms with E-state index >= 15 is 0 Å². The number of fused-ring (bicyclic) bond motifs is 1. The molecule has 184 valence electrons. The summed E-state index contributed by atoms with van der Waals surface area (Å²) in [5.74, 6) is 0.429. The van der Waals surface area contributed by atoms with Gasteiger partial charge in [-0.1, -0.05) is 0 Å². The topological polar surface area (TPSA) is 93.1 Å². The average Bonchev–Trinajstić information content (AvgIpc) is 2.87. The number of hydrogen-bond donors (Lipinski definition) is 1. The molecule has 0 unspecified atom stereocenters. The Labute approximate surface area is 212 Å². The van der Waals surface area contributed by atoms with E-state index in [1.54, 1.807) is 24.2 Å². The van der Waals surface area contributed by atoms with Crippen molar-refractivity contribution >= 4 is 27.7 Å². The smallest absolute Gasteiger partial charge is 0.230 e. The molecule has 2 atom stereocenters. The molecule has 0 aliphatic carbocycles. The van der Waals surface area contributed by atoms with Crippen LogP contribution >= 0.6 is 15.9 Å². The molecule has 1 aliphatic rings. The molecule has 1 amide bonds. The second-order valence-electron chi connectivity index (χ2n) is 8.58. The summed E-state index contributed by atoms with van der Waals surface area (Å²) in [5.41, 5.74) is 3.12. The lowest BCUT2D eigenvalue weighted by Gasteiger charge is -2.33. The average molecular weight is 543 g/mol. The Kier molecular flexibility index (Phi) is 7.59. The van der Waals surface area contributed by atoms with Gasteiger partial charge in [0.1, 0.15) is 11.6 Å². The van der Waals surface area contributed by atoms with Gasteiger partial charge >= 0.3 is 0 Å². The number of methoxy groups -OCH3 is 1. The zero-order chi connectivity index (χ0) is 25.1. The number of pyridine rings is 2. The van der Waals surface area contributed by atoms with Crippen LogP contribution in [-0.2, 0) is 11.2 Å². The van der Waals surface area contributed by atoms with Gasteiger partial charge in [0.25, 0.3) is 0 Å². The van der Waals surface area contributed by atoms with E-state index in [1.165, 1.54) is 13.2 Å². The highest BCUT2D eigenvalue weighted by Crippen LogP contribution is 2.30. The monoisotopic (exact) mass is 542 g/mol. The number of ether oxygens (including phenoxy) is 1. The van der Waals surface area contributed by atoms with E-state index in [4.69, 9.17) is 9.72 Å². The first-order valence-electron chi connectivity index (χ1n) is 11.5. The van der Waals surface area contributed by atoms with E-state index < -0.39 is 11.7 Å². The number of halogens is 2. The van der Waals surface area contributed by atoms with Gasteiger partial charge in [-0.3, -0.25) is 4.79 Å². The normalized spacial score (nSPS) is 15.7. The van der Waals surface area contributed by atoms with E-state index in [-0.39, 0.29) is 23.4 Å². The van der Waals surface area contributed by atoms with E-state index in [0.717, 1.165) is 46.1 Å². The Morgan fingerprint density at radius 3 is 2.71 bits per heavy atom. The predicted molar refractivity (Wildman–Crippen MR) is 135 cm³/mol. The van der Waals surface area contributed by atoms with Crippen LogP contribution in [0.3, 0.4) is 0 Å². The minimum atomic E-state index is -0.656. The molecule has 3 aromatic rings. The fraction of sp³-hybridized carbons (Fsp3) is 0.400. The third-order valence-corrected chi connectivity index (χ3v) is 6.71. The first-order chi connectivity index (χ1) is 16.8. The summed E-state index contributed by atoms with van der Waals surface area (Å²) in [6.45, 7) is 6.60. The van der Waals surface area contributed by atoms with Crippen molar-refractivity contribution in [1.82, 2.24) is 24.8 Å². The SMILES string of the molecule is CCN(C[C@H]1CCc2cc(-c3ncc(Br)cn3)c(C)nc2N1)C(=O)[C@H](C)c1cc(OC)ncc1F. The van der Waals surface area contributed by atoms with Gasteiger partial charge in [0, 0.05) is 48.7 Å². The van der Waals surface area contributed by atoms with Crippen LogP contribution in [-0.4, -0.2) is 57.0 Å². The lowest BCUT2D eigenvalue weighted by Crippen LogP contribution is -2.43. The van der Waals surface area contributed by atoms with Gasteiger partial charge in [-0.15, -0.1) is 0 Å². The summed E-state index contributed by atoms with van der Waals surface area (Å²) in [6, 6.07) is 3.62. The molecular formula is C25H28BrFN6O2. The first kappa shape index (κ1) is 25.0. The highest BCUT2D eigenvalue weighted by molar-refractivity contribution is 9.10. The van der Waals surface area contributed by atoms with Gasteiger partial charge in [0.2, 0.25) is 11.8 Å². The third-order valence-electron chi connectivity index (χ3n) is 6.30. The van der Waals surface area contributed by atoms with Crippen molar-refractivity contribution in [2.24, 2.45) is 0 Å². The van der Waals surface area contributed by atoms with Gasteiger partial charge in [-0.25, -0.2) is 24.3 Å². The summed E-state index contributed by atoms with van der Waals surface area (Å²) < 4.78 is 20.3. The van der Waals surface area contributed by atoms with Crippen LogP contribution in [0.1, 0.15) is 43.0 Å². The maximum absolute atomic E-state index is 14.4. The number of hydrogen-bond acceptors (Lipinski definition) is 7. The predicted octanol–water partition coefficient (Wildman–Crippen LogP) is 4.53. The van der Waals surface area contributed by atoms with Gasteiger partial charge in [-0.2, -0.15) is 0 Å². The Morgan fingerprint density at radius 2 is 2.03 bits per heavy atom. The molecular weight excluding hydrogens is 515 g/mol. The van der Waals surface area contributed by atoms with Crippen molar-refractivity contribution in [2.45, 2.75) is 45.6 Å². The number of nitrogens with one attached hydrogen (secondary N) is 1. The molecule has 4 heterocycles. The van der Waals surface area contributed by atoms with Crippen molar-refractivity contribution < 1.29 is 13.9 Å². The summed E-state index contributed by atoms with van der Waals surface area (Å²) >= 11 is 3.37. The van der Waals surface area contributed by atoms with Gasteiger partial charge in [0.15, 0.2) is 5.82 Å². The minimum absolute atomic E-state index is 0.0390. The molecule has 0 fully saturated rings. The van der Waals surface area contributed by atoms with Crippen LogP contribution < -0.4 is 10.1 Å². The fourth-order valence-electron chi connectivity index (χ4n) is 4.30. The third kappa shape index (κ3) is 5.42. The zero-order valence-corrected chi connectivity index (χ0v) is 21.8. The molecule has 1 aliphatic heterocycles. The summed E-state index contributed by atoms with van der Waals surface area (Å²) in [6.07, 6.45) is 6.20. The lowest BCUT2D eigenvalue weighted by atomic mass is 9.96. The highest BCUT2D eigenvalue weighted by atomic mass is 79.9. The number of nitrogens with zero attached hydrogens (tertiary/aromatic N) is 5. The molecule has 8 nitrogen and oxygen atoms in total. The number of rotatable bonds is 7. The standard InChI is InChI=1S/C25H28BrFN6O2/c1-5-33(25(34)14(2)19-9-22(35-4)28-12-21(19)27)13-18-7-6-16-8-20(15(3)31-23(16)32-18)24-29-10-17(26)11-30-24/h8-12,14,18H,5-7,13H2,1-4H3,(H,31,32)/t14-,18-/m1/s1. The first-order valence-corrected chi connectivity index (χ1v) is 12.3. The number of aryl methyl sites for hydroxylation is 2. The van der Waals surface area contributed by atoms with E-state index in [1.807, 2.05) is 13.8 Å². The summed E-state index contributed by atoms with van der Waals surface area (Å²) in [5, 5.41) is 3.50. The molecule has 0 saturated heterocycles. The maximum Gasteiger partial charge on any atom is 0.230 e. The Morgan fingerprint density at radius 1 is 1.29 bits per heavy atom. The molecule has 4 rings (SSSR count). The number of carbonyl (C=O) groups excluding carboxylic acids is 1. The molecule has 0 aromatic carbocycles. The minimum Gasteiger partial charge on any atom is -0.481 e. The van der Waals surface area contributed by atoms with Crippen LogP contribution in [0.5, 0.6) is 5.88 Å². The second kappa shape index (κ2) is 10.6. The number of aromatic nitrogens is 4. The zero-order valence-electron chi connectivity index (χ0n) is 20.2. The molecule has 0 spiro atoms. The second-order valence-corrected chi connectivity index (χ2v) is 9.50. The largest absolute Gasteiger partial charge is 0.481 e. The van der Waals surface area contributed by atoms with E-state index in [2.05, 4.69) is 42.3 Å². The Balaban J connectivity index is 1.48. The van der Waals surface area contributed by atoms with Crippen LogP contribution in [0.15, 0.2) is 35.2 Å². The van der Waals surface area contributed by atoms with Crippen molar-refractivity contribution in [3.05, 3.63) is 57.8 Å². The Hall–Kier alpha value is -3.14. The van der Waals surface area contributed by atoms with Gasteiger partial charge in [0.05, 0.1) is 29.4 Å². The van der Waals surface area contributed by atoms with Crippen molar-refractivity contribution in [3.8, 4) is 17.3 Å². The van der Waals surface area contributed by atoms with Gasteiger partial charge < -0.3 is 15.0 Å². The van der Waals surface area contributed by atoms with Crippen molar-refractivity contribution in [1.29, 1.82) is 0 Å². The Bertz CT molecular complexity index is 1220. The molecule has 35 heavy (non-hydrogen) atoms. The van der Waals surface area contributed by atoms with Gasteiger partial charge in [-0.05, 0) is 61.2 Å². The molecule has 3 aromatic heterocycles. The van der Waals surface area contributed by atoms with E-state index in [0.29, 0.717) is 18.9 Å². The quantitative estimate of drug-likeness (QED) is 0.468. The number of carbonyl (C=O) groups is 1. The maximum atomic E-state index is 14.4. The van der Waals surface area contributed by atoms with Crippen molar-refractivity contribution in [2.75, 3.05) is 25.5 Å². The van der Waals surface area contributed by atoms with Crippen LogP contribution in [0.4, 0.5) is 10.2 Å². The molecule has 0 radical (unpaired) electrons.